The number of hydrogen-bond acceptors (Lipinski definition) is 5. The Morgan fingerprint density at radius 2 is 2.19 bits per heavy atom. The van der Waals surface area contributed by atoms with E-state index in [1.807, 2.05) is 23.9 Å². The van der Waals surface area contributed by atoms with Gasteiger partial charge < -0.3 is 5.73 Å². The molecule has 1 atom stereocenters. The van der Waals surface area contributed by atoms with Gasteiger partial charge >= 0.3 is 0 Å². The molecule has 0 saturated carbocycles. The number of pyridine rings is 1. The number of anilines is 1. The highest BCUT2D eigenvalue weighted by Crippen LogP contribution is 2.22. The average molecular weight is 240 g/mol. The summed E-state index contributed by atoms with van der Waals surface area (Å²) < 4.78 is 0. The van der Waals surface area contributed by atoms with E-state index in [-0.39, 0.29) is 6.04 Å². The molecule has 5 heteroatoms. The molecule has 5 N–H and O–H groups in total. The molecule has 1 aromatic heterocycles. The maximum Gasteiger partial charge on any atom is 0.128 e. The SMILES string of the molecule is CC(C)CSCC(NN)c1cccnc1N. The normalized spacial score (nSPS) is 13.0. The lowest BCUT2D eigenvalue weighted by molar-refractivity contribution is 0.609. The van der Waals surface area contributed by atoms with Gasteiger partial charge in [-0.25, -0.2) is 4.98 Å². The molecule has 0 aromatic carbocycles. The fraction of sp³-hybridized carbons (Fsp3) is 0.545. The standard InChI is InChI=1S/C11H20N4S/c1-8(2)6-16-7-10(15-13)9-4-3-5-14-11(9)12/h3-5,8,10,15H,6-7,13H2,1-2H3,(H2,12,14). The van der Waals surface area contributed by atoms with Crippen molar-refractivity contribution in [2.24, 2.45) is 11.8 Å². The number of hydrazine groups is 1. The number of nitrogens with zero attached hydrogens (tertiary/aromatic N) is 1. The summed E-state index contributed by atoms with van der Waals surface area (Å²) in [7, 11) is 0. The first kappa shape index (κ1) is 13.3. The summed E-state index contributed by atoms with van der Waals surface area (Å²) in [5, 5.41) is 0. The fourth-order valence-corrected chi connectivity index (χ4v) is 2.49. The van der Waals surface area contributed by atoms with Crippen molar-refractivity contribution in [1.29, 1.82) is 0 Å². The molecule has 0 bridgehead atoms. The Morgan fingerprint density at radius 1 is 1.44 bits per heavy atom. The third-order valence-corrected chi connectivity index (χ3v) is 3.65. The lowest BCUT2D eigenvalue weighted by Gasteiger charge is -2.17. The highest BCUT2D eigenvalue weighted by molar-refractivity contribution is 7.99. The van der Waals surface area contributed by atoms with Crippen LogP contribution in [0.4, 0.5) is 5.82 Å². The quantitative estimate of drug-likeness (QED) is 0.519. The first-order valence-corrected chi connectivity index (χ1v) is 6.55. The van der Waals surface area contributed by atoms with Gasteiger partial charge in [0, 0.05) is 17.5 Å². The van der Waals surface area contributed by atoms with Crippen molar-refractivity contribution in [1.82, 2.24) is 10.4 Å². The Hall–Kier alpha value is -0.780. The molecular weight excluding hydrogens is 220 g/mol. The van der Waals surface area contributed by atoms with Crippen molar-refractivity contribution in [3.8, 4) is 0 Å². The van der Waals surface area contributed by atoms with Gasteiger partial charge in [0.2, 0.25) is 0 Å². The first-order chi connectivity index (χ1) is 7.65. The van der Waals surface area contributed by atoms with Crippen molar-refractivity contribution < 1.29 is 0 Å². The van der Waals surface area contributed by atoms with Gasteiger partial charge in [0.15, 0.2) is 0 Å². The van der Waals surface area contributed by atoms with Crippen LogP contribution in [-0.2, 0) is 0 Å². The number of rotatable bonds is 6. The zero-order valence-corrected chi connectivity index (χ0v) is 10.6. The Balaban J connectivity index is 2.57. The van der Waals surface area contributed by atoms with Crippen molar-refractivity contribution in [2.75, 3.05) is 17.2 Å². The van der Waals surface area contributed by atoms with E-state index in [4.69, 9.17) is 11.6 Å². The van der Waals surface area contributed by atoms with Gasteiger partial charge in [-0.1, -0.05) is 19.9 Å². The minimum Gasteiger partial charge on any atom is -0.383 e. The zero-order chi connectivity index (χ0) is 12.0. The number of hydrogen-bond donors (Lipinski definition) is 3. The summed E-state index contributed by atoms with van der Waals surface area (Å²) in [5.41, 5.74) is 9.58. The van der Waals surface area contributed by atoms with E-state index >= 15 is 0 Å². The van der Waals surface area contributed by atoms with E-state index in [0.29, 0.717) is 11.7 Å². The Labute approximate surface area is 101 Å². The van der Waals surface area contributed by atoms with Gasteiger partial charge in [0.05, 0.1) is 6.04 Å². The van der Waals surface area contributed by atoms with E-state index in [1.54, 1.807) is 6.20 Å². The third-order valence-electron chi connectivity index (χ3n) is 2.18. The van der Waals surface area contributed by atoms with Crippen LogP contribution in [0.5, 0.6) is 0 Å². The predicted molar refractivity (Wildman–Crippen MR) is 70.9 cm³/mol. The van der Waals surface area contributed by atoms with E-state index in [2.05, 4.69) is 24.3 Å². The molecule has 4 nitrogen and oxygen atoms in total. The number of nitrogens with one attached hydrogen (secondary N) is 1. The van der Waals surface area contributed by atoms with Gasteiger partial charge in [-0.2, -0.15) is 11.8 Å². The number of aromatic nitrogens is 1. The highest BCUT2D eigenvalue weighted by atomic mass is 32.2. The lowest BCUT2D eigenvalue weighted by atomic mass is 10.1. The van der Waals surface area contributed by atoms with E-state index in [9.17, 15) is 0 Å². The molecule has 0 aliphatic heterocycles. The Morgan fingerprint density at radius 3 is 2.75 bits per heavy atom. The topological polar surface area (TPSA) is 77.0 Å². The molecule has 1 unspecified atom stereocenters. The maximum atomic E-state index is 5.81. The molecule has 1 heterocycles. The minimum absolute atomic E-state index is 0.0671. The summed E-state index contributed by atoms with van der Waals surface area (Å²) in [4.78, 5) is 4.06. The van der Waals surface area contributed by atoms with Gasteiger partial charge in [0.25, 0.3) is 0 Å². The van der Waals surface area contributed by atoms with Gasteiger partial charge in [-0.05, 0) is 17.7 Å². The average Bonchev–Trinajstić information content (AvgIpc) is 2.25. The molecule has 16 heavy (non-hydrogen) atoms. The highest BCUT2D eigenvalue weighted by Gasteiger charge is 2.13. The van der Waals surface area contributed by atoms with Gasteiger partial charge in [-0.3, -0.25) is 11.3 Å². The molecule has 0 fully saturated rings. The van der Waals surface area contributed by atoms with Crippen molar-refractivity contribution in [3.63, 3.8) is 0 Å². The van der Waals surface area contributed by atoms with Crippen LogP contribution in [-0.4, -0.2) is 16.5 Å². The molecule has 90 valence electrons. The van der Waals surface area contributed by atoms with Crippen molar-refractivity contribution in [3.05, 3.63) is 23.9 Å². The Kier molecular flexibility index (Phi) is 5.59. The Bertz CT molecular complexity index is 317. The molecule has 0 aliphatic carbocycles. The lowest BCUT2D eigenvalue weighted by Crippen LogP contribution is -2.30. The van der Waals surface area contributed by atoms with Crippen LogP contribution in [0.2, 0.25) is 0 Å². The van der Waals surface area contributed by atoms with Crippen LogP contribution in [0.25, 0.3) is 0 Å². The van der Waals surface area contributed by atoms with Crippen LogP contribution >= 0.6 is 11.8 Å². The number of thioether (sulfide) groups is 1. The molecule has 1 aromatic rings. The van der Waals surface area contributed by atoms with Crippen molar-refractivity contribution in [2.45, 2.75) is 19.9 Å². The maximum absolute atomic E-state index is 5.81. The molecule has 0 aliphatic rings. The van der Waals surface area contributed by atoms with Crippen LogP contribution < -0.4 is 17.0 Å². The molecule has 0 saturated heterocycles. The number of nitrogen functional groups attached to an aromatic ring is 1. The summed E-state index contributed by atoms with van der Waals surface area (Å²) in [5.74, 6) is 8.82. The monoisotopic (exact) mass is 240 g/mol. The van der Waals surface area contributed by atoms with Crippen LogP contribution in [0.1, 0.15) is 25.5 Å². The molecular formula is C11H20N4S. The molecule has 0 amide bonds. The van der Waals surface area contributed by atoms with E-state index in [1.165, 1.54) is 0 Å². The second-order valence-corrected chi connectivity index (χ2v) is 5.20. The van der Waals surface area contributed by atoms with Crippen LogP contribution in [0.3, 0.4) is 0 Å². The molecule has 1 rings (SSSR count). The van der Waals surface area contributed by atoms with Gasteiger partial charge in [0.1, 0.15) is 5.82 Å². The van der Waals surface area contributed by atoms with Gasteiger partial charge in [-0.15, -0.1) is 0 Å². The molecule has 0 spiro atoms. The predicted octanol–water partition coefficient (Wildman–Crippen LogP) is 1.56. The summed E-state index contributed by atoms with van der Waals surface area (Å²) in [6.45, 7) is 4.41. The summed E-state index contributed by atoms with van der Waals surface area (Å²) in [6.07, 6.45) is 1.69. The second-order valence-electron chi connectivity index (χ2n) is 4.13. The largest absolute Gasteiger partial charge is 0.383 e. The fourth-order valence-electron chi connectivity index (χ4n) is 1.37. The van der Waals surface area contributed by atoms with Crippen LogP contribution in [0, 0.1) is 5.92 Å². The van der Waals surface area contributed by atoms with Crippen LogP contribution in [0.15, 0.2) is 18.3 Å². The summed E-state index contributed by atoms with van der Waals surface area (Å²) >= 11 is 1.87. The second kappa shape index (κ2) is 6.73. The number of nitrogens with two attached hydrogens (primary N) is 2. The summed E-state index contributed by atoms with van der Waals surface area (Å²) in [6, 6.07) is 3.91. The van der Waals surface area contributed by atoms with Crippen molar-refractivity contribution >= 4 is 17.6 Å². The zero-order valence-electron chi connectivity index (χ0n) is 9.81. The third kappa shape index (κ3) is 4.00. The first-order valence-electron chi connectivity index (χ1n) is 5.39. The molecule has 0 radical (unpaired) electrons. The van der Waals surface area contributed by atoms with E-state index in [0.717, 1.165) is 17.1 Å². The minimum atomic E-state index is 0.0671. The smallest absolute Gasteiger partial charge is 0.128 e. The van der Waals surface area contributed by atoms with E-state index < -0.39 is 0 Å².